The van der Waals surface area contributed by atoms with Crippen molar-refractivity contribution in [2.45, 2.75) is 30.7 Å². The fourth-order valence-corrected chi connectivity index (χ4v) is 4.64. The zero-order valence-corrected chi connectivity index (χ0v) is 17.9. The van der Waals surface area contributed by atoms with Crippen LogP contribution >= 0.6 is 0 Å². The van der Waals surface area contributed by atoms with Gasteiger partial charge in [-0.3, -0.25) is 9.98 Å². The van der Waals surface area contributed by atoms with Crippen molar-refractivity contribution >= 4 is 21.9 Å². The zero-order chi connectivity index (χ0) is 23.2. The van der Waals surface area contributed by atoms with Crippen molar-refractivity contribution in [1.82, 2.24) is 9.29 Å². The first-order valence-electron chi connectivity index (χ1n) is 9.59. The first-order valence-corrected chi connectivity index (χ1v) is 11.0. The molecule has 172 valence electrons. The van der Waals surface area contributed by atoms with Crippen molar-refractivity contribution in [3.8, 4) is 5.75 Å². The van der Waals surface area contributed by atoms with Gasteiger partial charge in [0.15, 0.2) is 6.61 Å². The number of ether oxygens (including phenoxy) is 1. The van der Waals surface area contributed by atoms with E-state index < -0.39 is 27.0 Å². The highest BCUT2D eigenvalue weighted by atomic mass is 32.2. The molecule has 1 fully saturated rings. The van der Waals surface area contributed by atoms with Crippen LogP contribution in [0.25, 0.3) is 0 Å². The lowest BCUT2D eigenvalue weighted by Crippen LogP contribution is -2.39. The van der Waals surface area contributed by atoms with Crippen molar-refractivity contribution in [2.24, 2.45) is 10.1 Å². The lowest BCUT2D eigenvalue weighted by molar-refractivity contribution is -0.275. The predicted octanol–water partition coefficient (Wildman–Crippen LogP) is 3.39. The molecule has 2 aromatic rings. The molecule has 0 saturated carbocycles. The smallest absolute Gasteiger partial charge is 0.404 e. The van der Waals surface area contributed by atoms with Crippen LogP contribution < -0.4 is 4.74 Å². The van der Waals surface area contributed by atoms with Gasteiger partial charge in [-0.05, 0) is 29.8 Å². The number of aromatic nitrogens is 1. The number of halogens is 3. The normalized spacial score (nSPS) is 15.7. The van der Waals surface area contributed by atoms with Crippen LogP contribution in [0.2, 0.25) is 0 Å². The van der Waals surface area contributed by atoms with E-state index in [9.17, 15) is 21.6 Å². The van der Waals surface area contributed by atoms with Gasteiger partial charge in [0.2, 0.25) is 10.0 Å². The number of rotatable bonds is 7. The molecular formula is C20H21F3N4O4S. The van der Waals surface area contributed by atoms with E-state index in [2.05, 4.69) is 19.9 Å². The molecule has 1 saturated heterocycles. The number of alkyl halides is 3. The Balaban J connectivity index is 1.61. The van der Waals surface area contributed by atoms with Crippen molar-refractivity contribution in [3.05, 3.63) is 53.9 Å². The number of hydrogen-bond acceptors (Lipinski definition) is 7. The highest BCUT2D eigenvalue weighted by Crippen LogP contribution is 2.32. The molecule has 1 aliphatic rings. The molecule has 2 heterocycles. The van der Waals surface area contributed by atoms with E-state index in [0.717, 1.165) is 22.0 Å². The fourth-order valence-electron chi connectivity index (χ4n) is 3.08. The maximum absolute atomic E-state index is 12.9. The quantitative estimate of drug-likeness (QED) is 0.457. The van der Waals surface area contributed by atoms with E-state index in [1.165, 1.54) is 12.1 Å². The van der Waals surface area contributed by atoms with Crippen LogP contribution in [0.15, 0.2) is 57.6 Å². The first kappa shape index (κ1) is 23.7. The average Bonchev–Trinajstić information content (AvgIpc) is 2.74. The minimum atomic E-state index is -5.00. The van der Waals surface area contributed by atoms with E-state index >= 15 is 0 Å². The van der Waals surface area contributed by atoms with E-state index in [1.807, 2.05) is 6.07 Å². The summed E-state index contributed by atoms with van der Waals surface area (Å²) < 4.78 is 68.6. The molecule has 1 aromatic carbocycles. The summed E-state index contributed by atoms with van der Waals surface area (Å²) in [6.45, 7) is 0.260. The van der Waals surface area contributed by atoms with Crippen LogP contribution in [0.4, 0.5) is 13.2 Å². The second-order valence-electron chi connectivity index (χ2n) is 6.80. The Morgan fingerprint density at radius 2 is 1.91 bits per heavy atom. The highest BCUT2D eigenvalue weighted by Gasteiger charge is 2.36. The van der Waals surface area contributed by atoms with E-state index in [4.69, 9.17) is 4.84 Å². The van der Waals surface area contributed by atoms with Gasteiger partial charge in [-0.25, -0.2) is 8.42 Å². The molecule has 0 unspecified atom stereocenters. The maximum Gasteiger partial charge on any atom is 0.573 e. The number of hydrogen-bond donors (Lipinski definition) is 0. The summed E-state index contributed by atoms with van der Waals surface area (Å²) >= 11 is 0. The number of pyridine rings is 1. The standard InChI is InChI=1S/C20H21F3N4O4S/c1-24-13-15-6-9-25-17(12-15)14-30-26-16-7-10-27(11-8-16)32(28,29)19-5-3-2-4-18(19)31-20(21,22)23/h2-6,9,12-13H,7-8,10-11,14H2,1H3. The molecule has 0 spiro atoms. The van der Waals surface area contributed by atoms with Crippen molar-refractivity contribution in [2.75, 3.05) is 20.1 Å². The van der Waals surface area contributed by atoms with Gasteiger partial charge >= 0.3 is 6.36 Å². The van der Waals surface area contributed by atoms with Gasteiger partial charge in [-0.15, -0.1) is 13.2 Å². The molecule has 32 heavy (non-hydrogen) atoms. The van der Waals surface area contributed by atoms with E-state index in [1.54, 1.807) is 25.5 Å². The zero-order valence-electron chi connectivity index (χ0n) is 17.1. The molecule has 0 bridgehead atoms. The summed E-state index contributed by atoms with van der Waals surface area (Å²) in [7, 11) is -2.51. The molecule has 0 atom stereocenters. The molecular weight excluding hydrogens is 449 g/mol. The summed E-state index contributed by atoms with van der Waals surface area (Å²) in [4.78, 5) is 12.9. The van der Waals surface area contributed by atoms with Gasteiger partial charge in [0.25, 0.3) is 0 Å². The SMILES string of the molecule is CN=Cc1ccnc(CON=C2CCN(S(=O)(=O)c3ccccc3OC(F)(F)F)CC2)c1. The van der Waals surface area contributed by atoms with Gasteiger partial charge in [-0.1, -0.05) is 17.3 Å². The van der Waals surface area contributed by atoms with Gasteiger partial charge in [0.05, 0.1) is 11.4 Å². The van der Waals surface area contributed by atoms with Crippen LogP contribution in [-0.4, -0.2) is 56.1 Å². The van der Waals surface area contributed by atoms with Gasteiger partial charge in [0.1, 0.15) is 10.6 Å². The second-order valence-corrected chi connectivity index (χ2v) is 8.70. The minimum Gasteiger partial charge on any atom is -0.404 e. The Kier molecular flexibility index (Phi) is 7.46. The predicted molar refractivity (Wildman–Crippen MR) is 111 cm³/mol. The fraction of sp³-hybridized carbons (Fsp3) is 0.350. The first-order chi connectivity index (χ1) is 15.2. The highest BCUT2D eigenvalue weighted by molar-refractivity contribution is 7.89. The molecule has 12 heteroatoms. The van der Waals surface area contributed by atoms with Gasteiger partial charge in [-0.2, -0.15) is 4.31 Å². The molecule has 1 aromatic heterocycles. The van der Waals surface area contributed by atoms with Crippen LogP contribution in [-0.2, 0) is 21.5 Å². The number of nitrogens with zero attached hydrogens (tertiary/aromatic N) is 4. The monoisotopic (exact) mass is 470 g/mol. The van der Waals surface area contributed by atoms with E-state index in [-0.39, 0.29) is 32.5 Å². The molecule has 1 aliphatic heterocycles. The number of para-hydroxylation sites is 1. The Morgan fingerprint density at radius 1 is 1.19 bits per heavy atom. The van der Waals surface area contributed by atoms with Gasteiger partial charge < -0.3 is 9.57 Å². The molecule has 0 radical (unpaired) electrons. The summed E-state index contributed by atoms with van der Waals surface area (Å²) in [6, 6.07) is 8.29. The molecule has 0 aliphatic carbocycles. The number of oxime groups is 1. The number of aliphatic imine (C=N–C) groups is 1. The van der Waals surface area contributed by atoms with Crippen LogP contribution in [0.5, 0.6) is 5.75 Å². The van der Waals surface area contributed by atoms with Crippen molar-refractivity contribution < 1.29 is 31.2 Å². The maximum atomic E-state index is 12.9. The summed E-state index contributed by atoms with van der Waals surface area (Å²) in [5.74, 6) is -0.759. The van der Waals surface area contributed by atoms with E-state index in [0.29, 0.717) is 11.4 Å². The summed E-state index contributed by atoms with van der Waals surface area (Å²) in [6.07, 6.45) is -1.10. The third kappa shape index (κ3) is 6.26. The Bertz CT molecular complexity index is 1090. The topological polar surface area (TPSA) is 93.5 Å². The number of benzene rings is 1. The Morgan fingerprint density at radius 3 is 2.59 bits per heavy atom. The molecule has 3 rings (SSSR count). The van der Waals surface area contributed by atoms with Crippen LogP contribution in [0, 0.1) is 0 Å². The minimum absolute atomic E-state index is 0.0611. The largest absolute Gasteiger partial charge is 0.573 e. The van der Waals surface area contributed by atoms with Crippen molar-refractivity contribution in [1.29, 1.82) is 0 Å². The summed E-state index contributed by atoms with van der Waals surface area (Å²) in [5, 5.41) is 4.06. The van der Waals surface area contributed by atoms with Crippen LogP contribution in [0.3, 0.4) is 0 Å². The summed E-state index contributed by atoms with van der Waals surface area (Å²) in [5.41, 5.74) is 2.19. The van der Waals surface area contributed by atoms with Crippen molar-refractivity contribution in [3.63, 3.8) is 0 Å². The third-order valence-electron chi connectivity index (χ3n) is 4.52. The average molecular weight is 470 g/mol. The molecule has 0 amide bonds. The second kappa shape index (κ2) is 10.1. The molecule has 8 nitrogen and oxygen atoms in total. The third-order valence-corrected chi connectivity index (χ3v) is 6.46. The lowest BCUT2D eigenvalue weighted by Gasteiger charge is -2.27. The Hall–Kier alpha value is -2.99. The number of sulfonamides is 1. The lowest BCUT2D eigenvalue weighted by atomic mass is 10.1. The molecule has 0 N–H and O–H groups in total. The van der Waals surface area contributed by atoms with Gasteiger partial charge in [0, 0.05) is 45.4 Å². The number of piperidine rings is 1. The van der Waals surface area contributed by atoms with Crippen LogP contribution in [0.1, 0.15) is 24.1 Å². The Labute approximate surface area is 183 Å².